The summed E-state index contributed by atoms with van der Waals surface area (Å²) in [5.41, 5.74) is 29.0. The molecule has 0 spiro atoms. The maximum absolute atomic E-state index is 2.53. The third-order valence-electron chi connectivity index (χ3n) is 12.7. The molecule has 0 fully saturated rings. The second kappa shape index (κ2) is 12.8. The summed E-state index contributed by atoms with van der Waals surface area (Å²) in [5.74, 6) is 0. The van der Waals surface area contributed by atoms with E-state index in [0.717, 1.165) is 19.3 Å². The number of hydrogen-bond donors (Lipinski definition) is 0. The van der Waals surface area contributed by atoms with Crippen molar-refractivity contribution < 1.29 is 0 Å². The van der Waals surface area contributed by atoms with Gasteiger partial charge in [-0.2, -0.15) is 0 Å². The third-order valence-corrected chi connectivity index (χ3v) is 12.7. The van der Waals surface area contributed by atoms with Gasteiger partial charge in [-0.25, -0.2) is 0 Å². The SMILES string of the molecule is C1=Cc2c(cccc2C2=C(c3cccc4c3C=CC4)C(c3ccccc3)=C3C2=C(c2cccc4c2C=CC4)c2cc(-c4ccccc4)c(-c4ccccc4)cc23)C1. The lowest BCUT2D eigenvalue weighted by molar-refractivity contribution is 1.30. The Morgan fingerprint density at radius 2 is 0.614 bits per heavy atom. The van der Waals surface area contributed by atoms with E-state index in [0.29, 0.717) is 0 Å². The molecular weight excluding hydrogens is 685 g/mol. The van der Waals surface area contributed by atoms with Crippen LogP contribution in [0.25, 0.3) is 68.3 Å². The highest BCUT2D eigenvalue weighted by Gasteiger charge is 2.42. The van der Waals surface area contributed by atoms with Crippen molar-refractivity contribution in [1.29, 1.82) is 0 Å². The summed E-state index contributed by atoms with van der Waals surface area (Å²) in [6.07, 6.45) is 17.0. The first kappa shape index (κ1) is 32.2. The van der Waals surface area contributed by atoms with Crippen molar-refractivity contribution in [3.63, 3.8) is 0 Å². The van der Waals surface area contributed by atoms with Crippen molar-refractivity contribution in [1.82, 2.24) is 0 Å². The molecule has 0 aromatic heterocycles. The molecule has 0 saturated heterocycles. The number of hydrogen-bond acceptors (Lipinski definition) is 0. The van der Waals surface area contributed by atoms with Crippen LogP contribution in [0.3, 0.4) is 0 Å². The first-order valence-corrected chi connectivity index (χ1v) is 20.3. The van der Waals surface area contributed by atoms with Crippen LogP contribution < -0.4 is 0 Å². The average Bonchev–Trinajstić information content (AvgIpc) is 4.12. The van der Waals surface area contributed by atoms with E-state index in [1.54, 1.807) is 0 Å². The van der Waals surface area contributed by atoms with E-state index in [9.17, 15) is 0 Å². The number of rotatable bonds is 6. The summed E-state index contributed by atoms with van der Waals surface area (Å²) >= 11 is 0. The zero-order valence-corrected chi connectivity index (χ0v) is 31.6. The Balaban J connectivity index is 1.30. The lowest BCUT2D eigenvalue weighted by atomic mass is 9.81. The van der Waals surface area contributed by atoms with E-state index >= 15 is 0 Å². The molecule has 0 heteroatoms. The van der Waals surface area contributed by atoms with Crippen LogP contribution in [-0.2, 0) is 19.3 Å². The van der Waals surface area contributed by atoms with Gasteiger partial charge in [-0.15, -0.1) is 0 Å². The largest absolute Gasteiger partial charge is 0.0795 e. The predicted octanol–water partition coefficient (Wildman–Crippen LogP) is 14.1. The summed E-state index contributed by atoms with van der Waals surface area (Å²) in [5, 5.41) is 0. The highest BCUT2D eigenvalue weighted by molar-refractivity contribution is 6.40. The van der Waals surface area contributed by atoms with Crippen LogP contribution in [-0.4, -0.2) is 0 Å². The summed E-state index contributed by atoms with van der Waals surface area (Å²) in [6.45, 7) is 0. The molecule has 0 atom stereocenters. The topological polar surface area (TPSA) is 0 Å². The minimum Gasteiger partial charge on any atom is -0.0795 e. The molecule has 7 aromatic carbocycles. The molecule has 0 unspecified atom stereocenters. The van der Waals surface area contributed by atoms with Crippen molar-refractivity contribution >= 4 is 46.1 Å². The molecule has 5 aliphatic rings. The standard InChI is InChI=1S/C57H38/c1-4-16-39(17-5-1)48-34-50-51(35-49(48)40-18-6-2-7-19-40)56-52(41-20-8-3-9-21-41)54(46-32-14-26-37-23-11-29-43(37)46)55(47-33-15-27-38-24-12-30-44(38)47)57(56)53(50)45-31-13-25-36-22-10-28-42(36)45/h1-21,25-35H,22-24H2. The number of fused-ring (bicyclic) bond motifs is 6. The summed E-state index contributed by atoms with van der Waals surface area (Å²) in [4.78, 5) is 0. The fraction of sp³-hybridized carbons (Fsp3) is 0.0526. The fourth-order valence-electron chi connectivity index (χ4n) is 10.2. The first-order valence-electron chi connectivity index (χ1n) is 20.3. The van der Waals surface area contributed by atoms with Crippen molar-refractivity contribution in [2.75, 3.05) is 0 Å². The molecule has 0 aliphatic heterocycles. The molecule has 0 radical (unpaired) electrons. The molecule has 0 heterocycles. The van der Waals surface area contributed by atoms with Gasteiger partial charge in [0.15, 0.2) is 0 Å². The molecule has 0 N–H and O–H groups in total. The third kappa shape index (κ3) is 4.87. The van der Waals surface area contributed by atoms with E-state index in [2.05, 4.69) is 194 Å². The molecule has 0 nitrogen and oxygen atoms in total. The molecule has 266 valence electrons. The van der Waals surface area contributed by atoms with Gasteiger partial charge in [0.2, 0.25) is 0 Å². The highest BCUT2D eigenvalue weighted by atomic mass is 14.4. The van der Waals surface area contributed by atoms with Gasteiger partial charge in [-0.1, -0.05) is 182 Å². The van der Waals surface area contributed by atoms with Gasteiger partial charge in [0.25, 0.3) is 0 Å². The molecule has 12 rings (SSSR count). The molecule has 0 saturated carbocycles. The molecule has 0 amide bonds. The maximum Gasteiger partial charge on any atom is -0.0000930 e. The zero-order valence-electron chi connectivity index (χ0n) is 31.6. The Hall–Kier alpha value is -7.02. The van der Waals surface area contributed by atoms with Gasteiger partial charge in [0.05, 0.1) is 0 Å². The van der Waals surface area contributed by atoms with E-state index < -0.39 is 0 Å². The molecular formula is C57H38. The first-order chi connectivity index (χ1) is 28.3. The van der Waals surface area contributed by atoms with E-state index in [4.69, 9.17) is 0 Å². The normalized spacial score (nSPS) is 15.4. The van der Waals surface area contributed by atoms with Gasteiger partial charge in [-0.3, -0.25) is 0 Å². The van der Waals surface area contributed by atoms with Gasteiger partial charge in [0.1, 0.15) is 0 Å². The summed E-state index contributed by atoms with van der Waals surface area (Å²) in [6, 6.07) is 59.2. The summed E-state index contributed by atoms with van der Waals surface area (Å²) in [7, 11) is 0. The van der Waals surface area contributed by atoms with Gasteiger partial charge >= 0.3 is 0 Å². The second-order valence-electron chi connectivity index (χ2n) is 15.7. The Kier molecular flexibility index (Phi) is 7.22. The minimum atomic E-state index is 0.963. The van der Waals surface area contributed by atoms with Crippen LogP contribution in [0, 0.1) is 0 Å². The van der Waals surface area contributed by atoms with Gasteiger partial charge < -0.3 is 0 Å². The quantitative estimate of drug-likeness (QED) is 0.160. The smallest absolute Gasteiger partial charge is 0.0000930 e. The van der Waals surface area contributed by atoms with Crippen LogP contribution in [0.5, 0.6) is 0 Å². The maximum atomic E-state index is 2.53. The van der Waals surface area contributed by atoms with Crippen molar-refractivity contribution in [3.8, 4) is 22.3 Å². The second-order valence-corrected chi connectivity index (χ2v) is 15.7. The number of allylic oxidation sites excluding steroid dienone is 8. The highest BCUT2D eigenvalue weighted by Crippen LogP contribution is 2.64. The van der Waals surface area contributed by atoms with Crippen LogP contribution >= 0.6 is 0 Å². The molecule has 5 aliphatic carbocycles. The fourth-order valence-corrected chi connectivity index (χ4v) is 10.2. The Morgan fingerprint density at radius 1 is 0.246 bits per heavy atom. The average molecular weight is 723 g/mol. The van der Waals surface area contributed by atoms with E-state index in [1.807, 2.05) is 0 Å². The predicted molar refractivity (Wildman–Crippen MR) is 241 cm³/mol. The summed E-state index contributed by atoms with van der Waals surface area (Å²) < 4.78 is 0. The van der Waals surface area contributed by atoms with Crippen LogP contribution in [0.2, 0.25) is 0 Å². The van der Waals surface area contributed by atoms with Crippen LogP contribution in [0.1, 0.15) is 66.8 Å². The van der Waals surface area contributed by atoms with Crippen molar-refractivity contribution in [2.45, 2.75) is 19.3 Å². The molecule has 7 aromatic rings. The Morgan fingerprint density at radius 3 is 1.07 bits per heavy atom. The lowest BCUT2D eigenvalue weighted by Gasteiger charge is -2.21. The number of benzene rings is 7. The monoisotopic (exact) mass is 722 g/mol. The van der Waals surface area contributed by atoms with E-state index in [1.165, 1.54) is 122 Å². The minimum absolute atomic E-state index is 0.963. The zero-order chi connectivity index (χ0) is 37.5. The van der Waals surface area contributed by atoms with Gasteiger partial charge in [-0.05, 0) is 154 Å². The van der Waals surface area contributed by atoms with Gasteiger partial charge in [0, 0.05) is 0 Å². The van der Waals surface area contributed by atoms with Crippen LogP contribution in [0.15, 0.2) is 182 Å². The Bertz CT molecular complexity index is 3030. The van der Waals surface area contributed by atoms with Crippen LogP contribution in [0.4, 0.5) is 0 Å². The Labute approximate surface area is 334 Å². The van der Waals surface area contributed by atoms with Crippen molar-refractivity contribution in [3.05, 3.63) is 248 Å². The van der Waals surface area contributed by atoms with E-state index in [-0.39, 0.29) is 0 Å². The molecule has 0 bridgehead atoms. The van der Waals surface area contributed by atoms with Crippen molar-refractivity contribution in [2.24, 2.45) is 0 Å². The molecule has 57 heavy (non-hydrogen) atoms. The lowest BCUT2D eigenvalue weighted by Crippen LogP contribution is -2.01.